The van der Waals surface area contributed by atoms with Crippen LogP contribution in [0.3, 0.4) is 0 Å². The molecule has 3 aliphatic rings. The largest absolute Gasteiger partial charge is 0.484 e. The SMILES string of the molecule is N#Cc1ccc(-n2nc3c(c2C(=O)N[C@H]2CC[C@@H](O)C2)C(=O)N[C@@]2(CCc4cc(OCC(F)(F)F)ccc42)C3)nc1. The zero-order chi connectivity index (χ0) is 28.9. The minimum absolute atomic E-state index is 0.0000615. The first-order valence-corrected chi connectivity index (χ1v) is 13.2. The second kappa shape index (κ2) is 9.88. The van der Waals surface area contributed by atoms with Crippen LogP contribution in [0.25, 0.3) is 5.82 Å². The van der Waals surface area contributed by atoms with Crippen molar-refractivity contribution in [1.82, 2.24) is 25.4 Å². The molecule has 0 radical (unpaired) electrons. The summed E-state index contributed by atoms with van der Waals surface area (Å²) in [5, 5.41) is 29.7. The first-order valence-electron chi connectivity index (χ1n) is 13.2. The van der Waals surface area contributed by atoms with Crippen molar-refractivity contribution in [1.29, 1.82) is 5.26 Å². The predicted molar refractivity (Wildman–Crippen MR) is 136 cm³/mol. The Labute approximate surface area is 232 Å². The number of benzene rings is 1. The third-order valence-electron chi connectivity index (χ3n) is 7.87. The number of nitrogens with zero attached hydrogens (tertiary/aromatic N) is 4. The number of rotatable bonds is 5. The van der Waals surface area contributed by atoms with Gasteiger partial charge in [0.25, 0.3) is 11.8 Å². The minimum atomic E-state index is -4.46. The van der Waals surface area contributed by atoms with Crippen molar-refractivity contribution in [2.45, 2.75) is 62.4 Å². The fourth-order valence-corrected chi connectivity index (χ4v) is 6.03. The smallest absolute Gasteiger partial charge is 0.422 e. The van der Waals surface area contributed by atoms with E-state index in [9.17, 15) is 27.9 Å². The van der Waals surface area contributed by atoms with Crippen LogP contribution in [0.5, 0.6) is 5.75 Å². The van der Waals surface area contributed by atoms with Gasteiger partial charge in [0.1, 0.15) is 17.5 Å². The van der Waals surface area contributed by atoms with E-state index in [1.807, 2.05) is 6.07 Å². The number of carbonyl (C=O) groups excluding carboxylic acids is 2. The lowest BCUT2D eigenvalue weighted by Gasteiger charge is -2.35. The van der Waals surface area contributed by atoms with Gasteiger partial charge in [-0.25, -0.2) is 9.67 Å². The molecule has 10 nitrogen and oxygen atoms in total. The molecule has 2 aliphatic carbocycles. The van der Waals surface area contributed by atoms with E-state index in [0.29, 0.717) is 43.4 Å². The van der Waals surface area contributed by atoms with Crippen molar-refractivity contribution in [2.24, 2.45) is 0 Å². The molecule has 3 N–H and O–H groups in total. The zero-order valence-corrected chi connectivity index (χ0v) is 21.7. The van der Waals surface area contributed by atoms with Crippen molar-refractivity contribution in [3.63, 3.8) is 0 Å². The number of ether oxygens (including phenoxy) is 1. The third kappa shape index (κ3) is 4.99. The van der Waals surface area contributed by atoms with E-state index in [-0.39, 0.29) is 35.3 Å². The average molecular weight is 567 g/mol. The van der Waals surface area contributed by atoms with Crippen LogP contribution in [0, 0.1) is 11.3 Å². The zero-order valence-electron chi connectivity index (χ0n) is 21.7. The van der Waals surface area contributed by atoms with Crippen LogP contribution in [0.15, 0.2) is 36.5 Å². The molecular formula is C28H25F3N6O4. The number of alkyl halides is 3. The van der Waals surface area contributed by atoms with E-state index in [0.717, 1.165) is 11.1 Å². The quantitative estimate of drug-likeness (QED) is 0.431. The van der Waals surface area contributed by atoms with Crippen LogP contribution >= 0.6 is 0 Å². The Morgan fingerprint density at radius 2 is 2.12 bits per heavy atom. The van der Waals surface area contributed by atoms with Gasteiger partial charge < -0.3 is 20.5 Å². The Hall–Kier alpha value is -4.44. The number of amides is 2. The molecule has 3 atom stereocenters. The van der Waals surface area contributed by atoms with Crippen LogP contribution < -0.4 is 15.4 Å². The maximum Gasteiger partial charge on any atom is 0.422 e. The highest BCUT2D eigenvalue weighted by Crippen LogP contribution is 2.44. The van der Waals surface area contributed by atoms with E-state index in [1.54, 1.807) is 12.1 Å². The molecule has 2 amide bonds. The maximum atomic E-state index is 13.7. The number of aliphatic hydroxyl groups excluding tert-OH is 1. The fourth-order valence-electron chi connectivity index (χ4n) is 6.03. The topological polar surface area (TPSA) is 142 Å². The van der Waals surface area contributed by atoms with E-state index in [4.69, 9.17) is 10.00 Å². The summed E-state index contributed by atoms with van der Waals surface area (Å²) in [5.74, 6) is -0.704. The monoisotopic (exact) mass is 566 g/mol. The Balaban J connectivity index is 1.36. The summed E-state index contributed by atoms with van der Waals surface area (Å²) in [4.78, 5) is 31.6. The first kappa shape index (κ1) is 26.8. The Kier molecular flexibility index (Phi) is 6.45. The Morgan fingerprint density at radius 1 is 1.29 bits per heavy atom. The summed E-state index contributed by atoms with van der Waals surface area (Å²) in [5.41, 5.74) is 1.46. The van der Waals surface area contributed by atoms with Gasteiger partial charge in [0.05, 0.1) is 28.5 Å². The van der Waals surface area contributed by atoms with Crippen molar-refractivity contribution in [2.75, 3.05) is 6.61 Å². The molecule has 13 heteroatoms. The van der Waals surface area contributed by atoms with Gasteiger partial charge in [-0.3, -0.25) is 9.59 Å². The first-order chi connectivity index (χ1) is 19.5. The average Bonchev–Trinajstić information content (AvgIpc) is 3.62. The van der Waals surface area contributed by atoms with Crippen LogP contribution in [0.2, 0.25) is 0 Å². The number of hydrogen-bond donors (Lipinski definition) is 3. The lowest BCUT2D eigenvalue weighted by atomic mass is 9.82. The second-order valence-corrected chi connectivity index (χ2v) is 10.7. The number of carbonyl (C=O) groups is 2. The van der Waals surface area contributed by atoms with Gasteiger partial charge in [-0.2, -0.15) is 23.5 Å². The van der Waals surface area contributed by atoms with Crippen molar-refractivity contribution < 1.29 is 32.6 Å². The van der Waals surface area contributed by atoms with Crippen molar-refractivity contribution in [3.05, 3.63) is 70.2 Å². The van der Waals surface area contributed by atoms with Crippen LogP contribution in [-0.4, -0.2) is 56.6 Å². The standard InChI is InChI=1S/C28H25F3N6O4/c29-28(30,31)14-41-19-4-5-20-16(9-19)7-8-27(20)11-21-23(25(39)35-27)24(26(40)34-17-2-3-18(38)10-17)37(36-21)22-6-1-15(12-32)13-33-22/h1,4-6,9,13,17-18,38H,2-3,7-8,10-11,14H2,(H,34,40)(H,35,39)/t17-,18+,27-/m0/s1. The van der Waals surface area contributed by atoms with Gasteiger partial charge >= 0.3 is 6.18 Å². The van der Waals surface area contributed by atoms with E-state index in [2.05, 4.69) is 20.7 Å². The molecule has 6 rings (SSSR count). The summed E-state index contributed by atoms with van der Waals surface area (Å²) in [6, 6.07) is 9.47. The molecule has 1 aliphatic heterocycles. The molecule has 1 saturated carbocycles. The highest BCUT2D eigenvalue weighted by atomic mass is 19.4. The number of nitriles is 1. The number of nitrogens with one attached hydrogen (secondary N) is 2. The Bertz CT molecular complexity index is 1580. The third-order valence-corrected chi connectivity index (χ3v) is 7.87. The van der Waals surface area contributed by atoms with Gasteiger partial charge in [-0.05, 0) is 67.5 Å². The summed E-state index contributed by atoms with van der Waals surface area (Å²) in [6.07, 6.45) is -0.832. The summed E-state index contributed by atoms with van der Waals surface area (Å²) in [6.45, 7) is -1.40. The van der Waals surface area contributed by atoms with E-state index >= 15 is 0 Å². The normalized spacial score (nSPS) is 23.0. The number of aromatic nitrogens is 3. The molecule has 1 aromatic carbocycles. The number of aryl methyl sites for hydroxylation is 1. The highest BCUT2D eigenvalue weighted by Gasteiger charge is 2.47. The molecule has 3 aromatic rings. The lowest BCUT2D eigenvalue weighted by Crippen LogP contribution is -2.50. The molecule has 1 spiro atoms. The predicted octanol–water partition coefficient (Wildman–Crippen LogP) is 2.85. The number of hydrogen-bond acceptors (Lipinski definition) is 7. The van der Waals surface area contributed by atoms with Gasteiger partial charge in [-0.1, -0.05) is 6.07 Å². The molecule has 2 aromatic heterocycles. The van der Waals surface area contributed by atoms with Gasteiger partial charge in [-0.15, -0.1) is 0 Å². The van der Waals surface area contributed by atoms with Gasteiger partial charge in [0.2, 0.25) is 0 Å². The maximum absolute atomic E-state index is 13.7. The molecule has 0 saturated heterocycles. The minimum Gasteiger partial charge on any atom is -0.484 e. The summed E-state index contributed by atoms with van der Waals surface area (Å²) in [7, 11) is 0. The number of halogens is 3. The van der Waals surface area contributed by atoms with E-state index in [1.165, 1.54) is 29.1 Å². The molecule has 0 unspecified atom stereocenters. The van der Waals surface area contributed by atoms with Crippen LogP contribution in [0.1, 0.15) is 68.9 Å². The van der Waals surface area contributed by atoms with Crippen molar-refractivity contribution >= 4 is 11.8 Å². The second-order valence-electron chi connectivity index (χ2n) is 10.7. The van der Waals surface area contributed by atoms with Crippen LogP contribution in [0.4, 0.5) is 13.2 Å². The molecule has 1 fully saturated rings. The molecular weight excluding hydrogens is 541 g/mol. The molecule has 0 bridgehead atoms. The number of aliphatic hydroxyl groups is 1. The molecule has 3 heterocycles. The van der Waals surface area contributed by atoms with Crippen molar-refractivity contribution in [3.8, 4) is 17.6 Å². The lowest BCUT2D eigenvalue weighted by molar-refractivity contribution is -0.153. The molecule has 212 valence electrons. The Morgan fingerprint density at radius 3 is 2.80 bits per heavy atom. The highest BCUT2D eigenvalue weighted by molar-refractivity contribution is 6.08. The number of pyridine rings is 1. The van der Waals surface area contributed by atoms with Crippen LogP contribution in [-0.2, 0) is 18.4 Å². The summed E-state index contributed by atoms with van der Waals surface area (Å²) < 4.78 is 44.1. The fraction of sp³-hybridized carbons (Fsp3) is 0.393. The van der Waals surface area contributed by atoms with Gasteiger partial charge in [0, 0.05) is 18.7 Å². The van der Waals surface area contributed by atoms with Gasteiger partial charge in [0.15, 0.2) is 12.4 Å². The van der Waals surface area contributed by atoms with E-state index < -0.39 is 36.2 Å². The number of fused-ring (bicyclic) bond motifs is 3. The molecule has 41 heavy (non-hydrogen) atoms. The summed E-state index contributed by atoms with van der Waals surface area (Å²) >= 11 is 0.